The molecule has 1 unspecified atom stereocenters. The van der Waals surface area contributed by atoms with Gasteiger partial charge in [0, 0.05) is 11.5 Å². The van der Waals surface area contributed by atoms with E-state index in [1.165, 1.54) is 5.56 Å². The van der Waals surface area contributed by atoms with E-state index in [4.69, 9.17) is 4.74 Å². The maximum atomic E-state index is 11.8. The van der Waals surface area contributed by atoms with Gasteiger partial charge in [-0.2, -0.15) is 11.8 Å². The molecule has 0 saturated heterocycles. The first kappa shape index (κ1) is 18.8. The van der Waals surface area contributed by atoms with Crippen LogP contribution in [0.5, 0.6) is 0 Å². The van der Waals surface area contributed by atoms with Crippen molar-refractivity contribution in [2.24, 2.45) is 5.41 Å². The van der Waals surface area contributed by atoms with Crippen LogP contribution < -0.4 is 0 Å². The van der Waals surface area contributed by atoms with Crippen LogP contribution in [-0.2, 0) is 21.9 Å². The van der Waals surface area contributed by atoms with Crippen LogP contribution in [-0.4, -0.2) is 18.6 Å². The zero-order chi connectivity index (χ0) is 17.1. The molecule has 0 amide bonds. The Balaban J connectivity index is 1.86. The maximum absolute atomic E-state index is 11.8. The van der Waals surface area contributed by atoms with Crippen LogP contribution in [0.4, 0.5) is 0 Å². The fourth-order valence-electron chi connectivity index (χ4n) is 2.70. The molecule has 24 heavy (non-hydrogen) atoms. The fraction of sp³-hybridized carbons (Fsp3) is 0.381. The van der Waals surface area contributed by atoms with E-state index in [1.54, 1.807) is 0 Å². The van der Waals surface area contributed by atoms with E-state index in [2.05, 4.69) is 31.2 Å². The Morgan fingerprint density at radius 1 is 1.00 bits per heavy atom. The Labute approximate surface area is 149 Å². The summed E-state index contributed by atoms with van der Waals surface area (Å²) in [5.74, 6) is 1.73. The Kier molecular flexibility index (Phi) is 8.06. The molecule has 0 heterocycles. The topological polar surface area (TPSA) is 26.3 Å². The van der Waals surface area contributed by atoms with Crippen LogP contribution in [0.25, 0.3) is 0 Å². The Hall–Kier alpha value is -1.58. The molecule has 0 aliphatic rings. The number of rotatable bonds is 11. The quantitative estimate of drug-likeness (QED) is 0.530. The van der Waals surface area contributed by atoms with E-state index in [1.807, 2.05) is 48.2 Å². The van der Waals surface area contributed by atoms with Gasteiger partial charge in [-0.3, -0.25) is 0 Å². The number of hydrogen-bond donors (Lipinski definition) is 0. The molecule has 2 aromatic carbocycles. The Morgan fingerprint density at radius 2 is 1.62 bits per heavy atom. The van der Waals surface area contributed by atoms with Gasteiger partial charge in [-0.15, -0.1) is 0 Å². The monoisotopic (exact) mass is 342 g/mol. The highest BCUT2D eigenvalue weighted by Gasteiger charge is 2.29. The lowest BCUT2D eigenvalue weighted by Crippen LogP contribution is -2.31. The minimum Gasteiger partial charge on any atom is -0.376 e. The van der Waals surface area contributed by atoms with Gasteiger partial charge in [0.2, 0.25) is 0 Å². The standard InChI is InChI=1S/C21H26O2S/c1-2-13-21(16-22,17-23-14-19-9-5-3-6-10-19)18-24-15-20-11-7-4-8-12-20/h3-12,16H,2,13-15,17-18H2,1H3. The number of aldehydes is 1. The second kappa shape index (κ2) is 10.3. The van der Waals surface area contributed by atoms with Crippen LogP contribution in [0, 0.1) is 5.41 Å². The molecule has 0 fully saturated rings. The molecule has 0 saturated carbocycles. The minimum atomic E-state index is -0.386. The zero-order valence-electron chi connectivity index (χ0n) is 14.3. The average Bonchev–Trinajstić information content (AvgIpc) is 2.63. The molecule has 128 valence electrons. The van der Waals surface area contributed by atoms with Crippen LogP contribution in [0.3, 0.4) is 0 Å². The molecule has 1 atom stereocenters. The van der Waals surface area contributed by atoms with E-state index in [9.17, 15) is 4.79 Å². The van der Waals surface area contributed by atoms with Gasteiger partial charge in [-0.1, -0.05) is 74.0 Å². The fourth-order valence-corrected chi connectivity index (χ4v) is 3.94. The summed E-state index contributed by atoms with van der Waals surface area (Å²) in [5.41, 5.74) is 2.05. The maximum Gasteiger partial charge on any atom is 0.129 e. The van der Waals surface area contributed by atoms with Crippen molar-refractivity contribution in [1.29, 1.82) is 0 Å². The summed E-state index contributed by atoms with van der Waals surface area (Å²) < 4.78 is 5.89. The molecular formula is C21H26O2S. The van der Waals surface area contributed by atoms with Crippen molar-refractivity contribution in [3.8, 4) is 0 Å². The van der Waals surface area contributed by atoms with Crippen molar-refractivity contribution < 1.29 is 9.53 Å². The second-order valence-corrected chi connectivity index (χ2v) is 7.17. The van der Waals surface area contributed by atoms with Crippen molar-refractivity contribution in [2.75, 3.05) is 12.4 Å². The zero-order valence-corrected chi connectivity index (χ0v) is 15.1. The molecule has 2 nitrogen and oxygen atoms in total. The van der Waals surface area contributed by atoms with Gasteiger partial charge < -0.3 is 9.53 Å². The predicted molar refractivity (Wildman–Crippen MR) is 102 cm³/mol. The molecule has 3 heteroatoms. The molecule has 2 aromatic rings. The molecule has 0 aliphatic carbocycles. The summed E-state index contributed by atoms with van der Waals surface area (Å²) in [6.45, 7) is 3.17. The lowest BCUT2D eigenvalue weighted by molar-refractivity contribution is -0.119. The molecule has 0 N–H and O–H groups in total. The molecule has 0 spiro atoms. The predicted octanol–water partition coefficient (Wildman–Crippen LogP) is 5.12. The third-order valence-electron chi connectivity index (χ3n) is 4.00. The van der Waals surface area contributed by atoms with E-state index in [0.29, 0.717) is 13.2 Å². The highest BCUT2D eigenvalue weighted by molar-refractivity contribution is 7.98. The van der Waals surface area contributed by atoms with Crippen molar-refractivity contribution in [2.45, 2.75) is 32.1 Å². The lowest BCUT2D eigenvalue weighted by Gasteiger charge is -2.27. The number of thioether (sulfide) groups is 1. The largest absolute Gasteiger partial charge is 0.376 e. The lowest BCUT2D eigenvalue weighted by atomic mass is 9.88. The van der Waals surface area contributed by atoms with Crippen molar-refractivity contribution in [3.63, 3.8) is 0 Å². The molecule has 0 bridgehead atoms. The van der Waals surface area contributed by atoms with Crippen LogP contribution in [0.15, 0.2) is 60.7 Å². The first-order valence-electron chi connectivity index (χ1n) is 8.48. The van der Waals surface area contributed by atoms with Crippen molar-refractivity contribution in [3.05, 3.63) is 71.8 Å². The number of benzene rings is 2. The summed E-state index contributed by atoms with van der Waals surface area (Å²) in [6.07, 6.45) is 2.96. The van der Waals surface area contributed by atoms with E-state index in [-0.39, 0.29) is 5.41 Å². The molecule has 0 aromatic heterocycles. The Morgan fingerprint density at radius 3 is 2.21 bits per heavy atom. The first-order valence-corrected chi connectivity index (χ1v) is 9.63. The van der Waals surface area contributed by atoms with Crippen molar-refractivity contribution in [1.82, 2.24) is 0 Å². The number of carbonyl (C=O) groups is 1. The summed E-state index contributed by atoms with van der Waals surface area (Å²) in [5, 5.41) is 0. The second-order valence-electron chi connectivity index (χ2n) is 6.19. The van der Waals surface area contributed by atoms with Gasteiger partial charge in [0.1, 0.15) is 6.29 Å². The number of carbonyl (C=O) groups excluding carboxylic acids is 1. The van der Waals surface area contributed by atoms with E-state index in [0.717, 1.165) is 36.2 Å². The highest BCUT2D eigenvalue weighted by atomic mass is 32.2. The molecule has 0 radical (unpaired) electrons. The van der Waals surface area contributed by atoms with Gasteiger partial charge in [-0.25, -0.2) is 0 Å². The van der Waals surface area contributed by atoms with Crippen LogP contribution in [0.1, 0.15) is 30.9 Å². The number of hydrogen-bond acceptors (Lipinski definition) is 3. The van der Waals surface area contributed by atoms with Crippen molar-refractivity contribution >= 4 is 18.0 Å². The number of ether oxygens (including phenoxy) is 1. The third-order valence-corrected chi connectivity index (χ3v) is 5.32. The molecule has 0 aliphatic heterocycles. The average molecular weight is 343 g/mol. The summed E-state index contributed by atoms with van der Waals surface area (Å²) in [4.78, 5) is 11.8. The van der Waals surface area contributed by atoms with Gasteiger partial charge in [-0.05, 0) is 17.5 Å². The Bertz CT molecular complexity index is 538. The summed E-state index contributed by atoms with van der Waals surface area (Å²) in [7, 11) is 0. The smallest absolute Gasteiger partial charge is 0.129 e. The minimum absolute atomic E-state index is 0.386. The molecular weight excluding hydrogens is 316 g/mol. The molecule has 2 rings (SSSR count). The van der Waals surface area contributed by atoms with E-state index < -0.39 is 0 Å². The van der Waals surface area contributed by atoms with Gasteiger partial charge >= 0.3 is 0 Å². The SMILES string of the molecule is CCCC(C=O)(COCc1ccccc1)CSCc1ccccc1. The van der Waals surface area contributed by atoms with Gasteiger partial charge in [0.05, 0.1) is 18.6 Å². The first-order chi connectivity index (χ1) is 11.8. The summed E-state index contributed by atoms with van der Waals surface area (Å²) in [6, 6.07) is 20.5. The normalized spacial score (nSPS) is 13.4. The van der Waals surface area contributed by atoms with Gasteiger partial charge in [0.25, 0.3) is 0 Å². The van der Waals surface area contributed by atoms with Crippen LogP contribution in [0.2, 0.25) is 0 Å². The van der Waals surface area contributed by atoms with E-state index >= 15 is 0 Å². The third kappa shape index (κ3) is 6.14. The summed E-state index contributed by atoms with van der Waals surface area (Å²) >= 11 is 1.81. The van der Waals surface area contributed by atoms with Crippen LogP contribution >= 0.6 is 11.8 Å². The highest BCUT2D eigenvalue weighted by Crippen LogP contribution is 2.29. The van der Waals surface area contributed by atoms with Gasteiger partial charge in [0.15, 0.2) is 0 Å².